The molecule has 3 heterocycles. The van der Waals surface area contributed by atoms with E-state index in [4.69, 9.17) is 21.1 Å². The lowest BCUT2D eigenvalue weighted by molar-refractivity contribution is -0.120. The molecule has 2 aliphatic rings. The number of nitrogens with zero attached hydrogens (tertiary/aromatic N) is 3. The van der Waals surface area contributed by atoms with E-state index < -0.39 is 12.0 Å². The fraction of sp³-hybridized carbons (Fsp3) is 0.333. The van der Waals surface area contributed by atoms with Gasteiger partial charge < -0.3 is 25.0 Å². The average Bonchev–Trinajstić information content (AvgIpc) is 3.24. The Balaban J connectivity index is 1.45. The highest BCUT2D eigenvalue weighted by Crippen LogP contribution is 2.37. The number of nitrogens with one attached hydrogen (secondary N) is 2. The highest BCUT2D eigenvalue weighted by atomic mass is 35.5. The van der Waals surface area contributed by atoms with Gasteiger partial charge in [-0.25, -0.2) is 14.4 Å². The van der Waals surface area contributed by atoms with E-state index in [0.29, 0.717) is 46.6 Å². The van der Waals surface area contributed by atoms with E-state index in [1.54, 1.807) is 12.3 Å². The molecule has 2 amide bonds. The molecule has 198 valence electrons. The Bertz CT molecular complexity index is 1380. The Hall–Kier alpha value is -3.76. The quantitative estimate of drug-likeness (QED) is 0.460. The van der Waals surface area contributed by atoms with E-state index in [9.17, 15) is 14.0 Å². The zero-order chi connectivity index (χ0) is 26.8. The van der Waals surface area contributed by atoms with Crippen molar-refractivity contribution in [3.63, 3.8) is 0 Å². The van der Waals surface area contributed by atoms with Crippen molar-refractivity contribution in [2.45, 2.75) is 38.5 Å². The third-order valence-corrected chi connectivity index (χ3v) is 6.93. The topological polar surface area (TPSA) is 106 Å². The molecular formula is C27H27ClFN5O4. The van der Waals surface area contributed by atoms with E-state index in [1.807, 2.05) is 12.1 Å². The summed E-state index contributed by atoms with van der Waals surface area (Å²) in [5.41, 5.74) is 2.88. The van der Waals surface area contributed by atoms with Gasteiger partial charge in [0, 0.05) is 55.5 Å². The van der Waals surface area contributed by atoms with Crippen LogP contribution in [0.5, 0.6) is 5.75 Å². The largest absolute Gasteiger partial charge is 0.496 e. The summed E-state index contributed by atoms with van der Waals surface area (Å²) in [6.45, 7) is 2.97. The second-order valence-electron chi connectivity index (χ2n) is 9.22. The first kappa shape index (κ1) is 25.9. The highest BCUT2D eigenvalue weighted by Gasteiger charge is 2.36. The van der Waals surface area contributed by atoms with Crippen LogP contribution in [0.15, 0.2) is 42.6 Å². The summed E-state index contributed by atoms with van der Waals surface area (Å²) in [5.74, 6) is -0.439. The molecule has 1 saturated heterocycles. The first-order valence-electron chi connectivity index (χ1n) is 12.3. The van der Waals surface area contributed by atoms with Crippen molar-refractivity contribution in [1.82, 2.24) is 20.2 Å². The zero-order valence-corrected chi connectivity index (χ0v) is 21.7. The summed E-state index contributed by atoms with van der Waals surface area (Å²) in [5, 5.41) is 6.50. The number of methoxy groups -OCH3 is 1. The van der Waals surface area contributed by atoms with Crippen LogP contribution >= 0.6 is 11.6 Å². The van der Waals surface area contributed by atoms with Crippen LogP contribution in [0.2, 0.25) is 5.02 Å². The Labute approximate surface area is 224 Å². The number of fused-ring (bicyclic) bond motifs is 1. The minimum atomic E-state index is -0.857. The van der Waals surface area contributed by atoms with E-state index in [1.165, 1.54) is 37.1 Å². The number of aromatic nitrogens is 2. The van der Waals surface area contributed by atoms with Gasteiger partial charge in [0.1, 0.15) is 17.7 Å². The maximum atomic E-state index is 13.8. The van der Waals surface area contributed by atoms with Crippen LogP contribution in [0.3, 0.4) is 0 Å². The molecule has 2 N–H and O–H groups in total. The van der Waals surface area contributed by atoms with Crippen molar-refractivity contribution in [3.8, 4) is 17.0 Å². The van der Waals surface area contributed by atoms with Gasteiger partial charge in [0.15, 0.2) is 0 Å². The van der Waals surface area contributed by atoms with Crippen molar-refractivity contribution in [2.24, 2.45) is 0 Å². The minimum absolute atomic E-state index is 0.210. The monoisotopic (exact) mass is 539 g/mol. The Morgan fingerprint density at radius 1 is 1.24 bits per heavy atom. The van der Waals surface area contributed by atoms with Crippen LogP contribution in [0, 0.1) is 5.82 Å². The van der Waals surface area contributed by atoms with Gasteiger partial charge in [0.05, 0.1) is 24.0 Å². The molecule has 38 heavy (non-hydrogen) atoms. The van der Waals surface area contributed by atoms with Crippen molar-refractivity contribution in [1.29, 1.82) is 0 Å². The number of hydrogen-bond acceptors (Lipinski definition) is 7. The van der Waals surface area contributed by atoms with Crippen molar-refractivity contribution in [3.05, 3.63) is 70.1 Å². The lowest BCUT2D eigenvalue weighted by Gasteiger charge is -2.29. The van der Waals surface area contributed by atoms with Crippen LogP contribution in [0.4, 0.5) is 10.3 Å². The van der Waals surface area contributed by atoms with Crippen LogP contribution in [-0.2, 0) is 16.1 Å². The molecule has 11 heteroatoms. The average molecular weight is 540 g/mol. The molecule has 0 bridgehead atoms. The molecule has 0 aliphatic carbocycles. The molecule has 3 aromatic rings. The molecule has 1 aromatic heterocycles. The second-order valence-corrected chi connectivity index (χ2v) is 9.62. The van der Waals surface area contributed by atoms with Crippen LogP contribution in [0.25, 0.3) is 11.3 Å². The lowest BCUT2D eigenvalue weighted by Crippen LogP contribution is -2.40. The molecule has 2 aromatic carbocycles. The fourth-order valence-electron chi connectivity index (χ4n) is 4.77. The van der Waals surface area contributed by atoms with Gasteiger partial charge in [-0.15, -0.1) is 0 Å². The summed E-state index contributed by atoms with van der Waals surface area (Å²) < 4.78 is 24.6. The number of ether oxygens (including phenoxy) is 2. The number of carbonyl (C=O) groups excluding carboxylic acids is 2. The summed E-state index contributed by atoms with van der Waals surface area (Å²) in [7, 11) is 1.41. The maximum Gasteiger partial charge on any atom is 0.256 e. The molecule has 9 nitrogen and oxygen atoms in total. The van der Waals surface area contributed by atoms with Gasteiger partial charge in [0.2, 0.25) is 11.9 Å². The standard InChI is InChI=1S/C27H27ClFN5O4/c1-15(35)31-25(20-6-5-18(29)12-23(20)37-2)34-14-17-4-3-16(11-21(17)26(34)36)24-22(28)13-30-27(33-24)32-19-7-9-38-10-8-19/h3-6,11-13,19,25H,7-10,14H2,1-2H3,(H,31,35)(H,30,32,33). The number of amides is 2. The van der Waals surface area contributed by atoms with Crippen LogP contribution in [0.1, 0.15) is 47.4 Å². The number of benzene rings is 2. The summed E-state index contributed by atoms with van der Waals surface area (Å²) in [6.07, 6.45) is 2.40. The first-order chi connectivity index (χ1) is 18.3. The second kappa shape index (κ2) is 10.9. The lowest BCUT2D eigenvalue weighted by atomic mass is 10.0. The summed E-state index contributed by atoms with van der Waals surface area (Å²) in [6, 6.07) is 9.65. The Morgan fingerprint density at radius 2 is 2.03 bits per heavy atom. The van der Waals surface area contributed by atoms with E-state index in [2.05, 4.69) is 20.6 Å². The van der Waals surface area contributed by atoms with E-state index in [0.717, 1.165) is 18.4 Å². The number of anilines is 1. The van der Waals surface area contributed by atoms with Gasteiger partial charge >= 0.3 is 0 Å². The number of hydrogen-bond donors (Lipinski definition) is 2. The van der Waals surface area contributed by atoms with Gasteiger partial charge in [-0.1, -0.05) is 23.7 Å². The number of halogens is 2. The molecular weight excluding hydrogens is 513 g/mol. The molecule has 1 unspecified atom stereocenters. The molecule has 0 spiro atoms. The van der Waals surface area contributed by atoms with E-state index in [-0.39, 0.29) is 30.2 Å². The fourth-order valence-corrected chi connectivity index (χ4v) is 4.97. The third-order valence-electron chi connectivity index (χ3n) is 6.66. The predicted molar refractivity (Wildman–Crippen MR) is 139 cm³/mol. The van der Waals surface area contributed by atoms with Crippen LogP contribution < -0.4 is 15.4 Å². The van der Waals surface area contributed by atoms with Gasteiger partial charge in [0.25, 0.3) is 5.91 Å². The van der Waals surface area contributed by atoms with Crippen LogP contribution in [-0.4, -0.2) is 53.0 Å². The Kier molecular flexibility index (Phi) is 7.44. The molecule has 1 atom stereocenters. The predicted octanol–water partition coefficient (Wildman–Crippen LogP) is 4.33. The smallest absolute Gasteiger partial charge is 0.256 e. The first-order valence-corrected chi connectivity index (χ1v) is 12.6. The van der Waals surface area contributed by atoms with Crippen molar-refractivity contribution in [2.75, 3.05) is 25.6 Å². The normalized spacial score (nSPS) is 16.2. The third kappa shape index (κ3) is 5.27. The van der Waals surface area contributed by atoms with Gasteiger partial charge in [-0.3, -0.25) is 9.59 Å². The number of rotatable bonds is 7. The maximum absolute atomic E-state index is 13.8. The summed E-state index contributed by atoms with van der Waals surface area (Å²) in [4.78, 5) is 36.2. The molecule has 5 rings (SSSR count). The Morgan fingerprint density at radius 3 is 2.76 bits per heavy atom. The van der Waals surface area contributed by atoms with Gasteiger partial charge in [-0.2, -0.15) is 0 Å². The zero-order valence-electron chi connectivity index (χ0n) is 21.0. The molecule has 0 saturated carbocycles. The van der Waals surface area contributed by atoms with Gasteiger partial charge in [-0.05, 0) is 36.6 Å². The molecule has 2 aliphatic heterocycles. The highest BCUT2D eigenvalue weighted by molar-refractivity contribution is 6.33. The minimum Gasteiger partial charge on any atom is -0.496 e. The van der Waals surface area contributed by atoms with Crippen molar-refractivity contribution >= 4 is 29.4 Å². The SMILES string of the molecule is COc1cc(F)ccc1C(NC(C)=O)N1Cc2ccc(-c3nc(NC4CCOCC4)ncc3Cl)cc2C1=O. The van der Waals surface area contributed by atoms with E-state index >= 15 is 0 Å². The number of carbonyl (C=O) groups is 2. The van der Waals surface area contributed by atoms with Crippen molar-refractivity contribution < 1.29 is 23.5 Å². The summed E-state index contributed by atoms with van der Waals surface area (Å²) >= 11 is 6.46. The molecule has 0 radical (unpaired) electrons. The molecule has 1 fully saturated rings.